The molecule has 1 rings (SSSR count). The van der Waals surface area contributed by atoms with E-state index in [1.54, 1.807) is 29.2 Å². The average molecular weight is 286 g/mol. The molecule has 0 aromatic heterocycles. The lowest BCUT2D eigenvalue weighted by atomic mass is 10.1. The minimum Gasteiger partial charge on any atom is -0.477 e. The van der Waals surface area contributed by atoms with Crippen molar-refractivity contribution in [1.29, 1.82) is 0 Å². The molecular formula is C14H20ClNO3. The summed E-state index contributed by atoms with van der Waals surface area (Å²) >= 11 is 5.81. The van der Waals surface area contributed by atoms with E-state index in [1.807, 2.05) is 20.8 Å². The molecule has 0 heterocycles. The number of carbonyl (C=O) groups is 1. The number of likely N-dealkylation sites (N-methyl/N-ethyl adjacent to an activating group) is 1. The molecule has 0 amide bonds. The Morgan fingerprint density at radius 1 is 1.26 bits per heavy atom. The van der Waals surface area contributed by atoms with Gasteiger partial charge in [-0.1, -0.05) is 32.4 Å². The van der Waals surface area contributed by atoms with Crippen LogP contribution in [-0.4, -0.2) is 34.8 Å². The fraction of sp³-hybridized carbons (Fsp3) is 0.500. The number of nitrogens with zero attached hydrogens (tertiary/aromatic N) is 1. The van der Waals surface area contributed by atoms with Gasteiger partial charge >= 0.3 is 5.97 Å². The van der Waals surface area contributed by atoms with Crippen molar-refractivity contribution in [3.8, 4) is 5.75 Å². The van der Waals surface area contributed by atoms with Gasteiger partial charge < -0.3 is 9.84 Å². The van der Waals surface area contributed by atoms with Crippen molar-refractivity contribution in [2.45, 2.75) is 32.9 Å². The Morgan fingerprint density at radius 2 is 1.79 bits per heavy atom. The van der Waals surface area contributed by atoms with Gasteiger partial charge in [0.05, 0.1) is 0 Å². The number of rotatable bonds is 7. The quantitative estimate of drug-likeness (QED) is 0.781. The lowest BCUT2D eigenvalue weighted by Crippen LogP contribution is -2.58. The summed E-state index contributed by atoms with van der Waals surface area (Å²) in [6.45, 7) is 6.85. The van der Waals surface area contributed by atoms with Crippen molar-refractivity contribution in [3.63, 3.8) is 0 Å². The van der Waals surface area contributed by atoms with Crippen molar-refractivity contribution in [3.05, 3.63) is 29.3 Å². The third-order valence-electron chi connectivity index (χ3n) is 3.19. The number of hydrogen-bond acceptors (Lipinski definition) is 3. The topological polar surface area (TPSA) is 49.8 Å². The van der Waals surface area contributed by atoms with Gasteiger partial charge in [0.1, 0.15) is 5.75 Å². The number of benzene rings is 1. The standard InChI is InChI=1S/C14H20ClNO3/c1-4-14(13(17)18,16(5-2)6-3)19-12-9-7-11(15)8-10-12/h7-10H,4-6H2,1-3H3,(H,17,18). The highest BCUT2D eigenvalue weighted by Gasteiger charge is 2.44. The zero-order chi connectivity index (χ0) is 14.5. The minimum absolute atomic E-state index is 0.354. The Labute approximate surface area is 118 Å². The van der Waals surface area contributed by atoms with Crippen LogP contribution in [0.2, 0.25) is 5.02 Å². The van der Waals surface area contributed by atoms with Gasteiger partial charge in [-0.25, -0.2) is 4.79 Å². The van der Waals surface area contributed by atoms with Gasteiger partial charge in [0.2, 0.25) is 0 Å². The first kappa shape index (κ1) is 15.8. The molecule has 0 radical (unpaired) electrons. The number of carboxylic acids is 1. The number of ether oxygens (including phenoxy) is 1. The molecular weight excluding hydrogens is 266 g/mol. The molecule has 0 bridgehead atoms. The summed E-state index contributed by atoms with van der Waals surface area (Å²) in [5, 5.41) is 10.2. The van der Waals surface area contributed by atoms with Crippen molar-refractivity contribution < 1.29 is 14.6 Å². The second-order valence-corrected chi connectivity index (χ2v) is 4.61. The Morgan fingerprint density at radius 3 is 2.16 bits per heavy atom. The van der Waals surface area contributed by atoms with Crippen LogP contribution in [-0.2, 0) is 4.79 Å². The normalized spacial score (nSPS) is 14.2. The summed E-state index contributed by atoms with van der Waals surface area (Å²) in [6.07, 6.45) is 0.354. The molecule has 0 aliphatic heterocycles. The molecule has 0 aliphatic carbocycles. The molecule has 4 nitrogen and oxygen atoms in total. The summed E-state index contributed by atoms with van der Waals surface area (Å²) in [5.41, 5.74) is -1.34. The zero-order valence-electron chi connectivity index (χ0n) is 11.5. The minimum atomic E-state index is -1.34. The smallest absolute Gasteiger partial charge is 0.364 e. The van der Waals surface area contributed by atoms with Gasteiger partial charge in [-0.15, -0.1) is 0 Å². The molecule has 1 aromatic rings. The molecule has 1 unspecified atom stereocenters. The van der Waals surface area contributed by atoms with Gasteiger partial charge in [0.25, 0.3) is 5.72 Å². The van der Waals surface area contributed by atoms with Gasteiger partial charge in [-0.3, -0.25) is 4.90 Å². The van der Waals surface area contributed by atoms with Crippen LogP contribution in [0.5, 0.6) is 5.75 Å². The number of halogens is 1. The van der Waals surface area contributed by atoms with E-state index in [9.17, 15) is 9.90 Å². The third-order valence-corrected chi connectivity index (χ3v) is 3.44. The van der Waals surface area contributed by atoms with E-state index in [1.165, 1.54) is 0 Å². The SMILES string of the molecule is CCN(CC)C(CC)(Oc1ccc(Cl)cc1)C(=O)O. The molecule has 5 heteroatoms. The van der Waals surface area contributed by atoms with Crippen LogP contribution in [0.1, 0.15) is 27.2 Å². The van der Waals surface area contributed by atoms with E-state index in [0.29, 0.717) is 30.3 Å². The molecule has 0 saturated carbocycles. The highest BCUT2D eigenvalue weighted by atomic mass is 35.5. The summed E-state index contributed by atoms with van der Waals surface area (Å²) in [6, 6.07) is 6.72. The predicted molar refractivity (Wildman–Crippen MR) is 75.7 cm³/mol. The van der Waals surface area contributed by atoms with Crippen LogP contribution in [0.15, 0.2) is 24.3 Å². The molecule has 106 valence electrons. The summed E-state index contributed by atoms with van der Waals surface area (Å²) < 4.78 is 5.78. The fourth-order valence-corrected chi connectivity index (χ4v) is 2.25. The Kier molecular flexibility index (Phi) is 5.63. The van der Waals surface area contributed by atoms with E-state index >= 15 is 0 Å². The van der Waals surface area contributed by atoms with Crippen LogP contribution in [0.3, 0.4) is 0 Å². The molecule has 1 atom stereocenters. The van der Waals surface area contributed by atoms with E-state index in [2.05, 4.69) is 0 Å². The maximum atomic E-state index is 11.7. The second-order valence-electron chi connectivity index (χ2n) is 4.17. The third kappa shape index (κ3) is 3.39. The van der Waals surface area contributed by atoms with Crippen molar-refractivity contribution >= 4 is 17.6 Å². The Bertz CT molecular complexity index is 417. The molecule has 19 heavy (non-hydrogen) atoms. The number of carboxylic acid groups (broad SMARTS) is 1. The predicted octanol–water partition coefficient (Wildman–Crippen LogP) is 3.25. The first-order valence-corrected chi connectivity index (χ1v) is 6.81. The van der Waals surface area contributed by atoms with Crippen LogP contribution < -0.4 is 4.74 Å². The number of aliphatic carboxylic acids is 1. The van der Waals surface area contributed by atoms with Crippen LogP contribution in [0.25, 0.3) is 0 Å². The van der Waals surface area contributed by atoms with Crippen molar-refractivity contribution in [2.24, 2.45) is 0 Å². The molecule has 0 saturated heterocycles. The summed E-state index contributed by atoms with van der Waals surface area (Å²) in [7, 11) is 0. The van der Waals surface area contributed by atoms with E-state index in [-0.39, 0.29) is 0 Å². The van der Waals surface area contributed by atoms with E-state index < -0.39 is 11.7 Å². The van der Waals surface area contributed by atoms with Crippen molar-refractivity contribution in [2.75, 3.05) is 13.1 Å². The first-order valence-electron chi connectivity index (χ1n) is 6.43. The maximum absolute atomic E-state index is 11.7. The van der Waals surface area contributed by atoms with Crippen molar-refractivity contribution in [1.82, 2.24) is 4.90 Å². The lowest BCUT2D eigenvalue weighted by Gasteiger charge is -2.38. The van der Waals surface area contributed by atoms with Crippen LogP contribution in [0, 0.1) is 0 Å². The van der Waals surface area contributed by atoms with Crippen LogP contribution >= 0.6 is 11.6 Å². The first-order chi connectivity index (χ1) is 9.00. The summed E-state index contributed by atoms with van der Waals surface area (Å²) in [5.74, 6) is -0.478. The average Bonchev–Trinajstić information content (AvgIpc) is 2.40. The van der Waals surface area contributed by atoms with E-state index in [0.717, 1.165) is 0 Å². The molecule has 1 N–H and O–H groups in total. The fourth-order valence-electron chi connectivity index (χ4n) is 2.12. The summed E-state index contributed by atoms with van der Waals surface area (Å²) in [4.78, 5) is 13.5. The Balaban J connectivity index is 3.09. The van der Waals surface area contributed by atoms with Gasteiger partial charge in [-0.05, 0) is 37.4 Å². The number of hydrogen-bond donors (Lipinski definition) is 1. The monoisotopic (exact) mass is 285 g/mol. The zero-order valence-corrected chi connectivity index (χ0v) is 12.3. The Hall–Kier alpha value is -1.26. The molecule has 1 aromatic carbocycles. The maximum Gasteiger partial charge on any atom is 0.364 e. The van der Waals surface area contributed by atoms with E-state index in [4.69, 9.17) is 16.3 Å². The largest absolute Gasteiger partial charge is 0.477 e. The lowest BCUT2D eigenvalue weighted by molar-refractivity contribution is -0.176. The van der Waals surface area contributed by atoms with Gasteiger partial charge in [0.15, 0.2) is 0 Å². The van der Waals surface area contributed by atoms with Gasteiger partial charge in [-0.2, -0.15) is 0 Å². The van der Waals surface area contributed by atoms with Gasteiger partial charge in [0, 0.05) is 11.4 Å². The molecule has 0 fully saturated rings. The highest BCUT2D eigenvalue weighted by molar-refractivity contribution is 6.30. The highest BCUT2D eigenvalue weighted by Crippen LogP contribution is 2.26. The van der Waals surface area contributed by atoms with Crippen LogP contribution in [0.4, 0.5) is 0 Å². The molecule has 0 spiro atoms. The molecule has 0 aliphatic rings. The second kappa shape index (κ2) is 6.78.